The van der Waals surface area contributed by atoms with Gasteiger partial charge in [-0.1, -0.05) is 19.1 Å². The fraction of sp³-hybridized carbons (Fsp3) is 0.333. The molecule has 0 aliphatic heterocycles. The summed E-state index contributed by atoms with van der Waals surface area (Å²) >= 11 is 0. The van der Waals surface area contributed by atoms with Gasteiger partial charge in [0.05, 0.1) is 6.20 Å². The molecule has 5 nitrogen and oxygen atoms in total. The van der Waals surface area contributed by atoms with Crippen molar-refractivity contribution in [2.24, 2.45) is 11.7 Å². The van der Waals surface area contributed by atoms with Crippen LogP contribution in [0.4, 0.5) is 5.69 Å². The molecule has 0 spiro atoms. The Hall–Kier alpha value is -2.14. The van der Waals surface area contributed by atoms with Crippen molar-refractivity contribution in [2.75, 3.05) is 11.9 Å². The zero-order valence-electron chi connectivity index (χ0n) is 11.5. The Morgan fingerprint density at radius 2 is 2.35 bits per heavy atom. The van der Waals surface area contributed by atoms with E-state index in [0.29, 0.717) is 24.6 Å². The molecule has 0 saturated heterocycles. The zero-order chi connectivity index (χ0) is 14.4. The lowest BCUT2D eigenvalue weighted by Gasteiger charge is -2.09. The highest BCUT2D eigenvalue weighted by Gasteiger charge is 2.07. The number of nitrogens with one attached hydrogen (secondary N) is 1. The third-order valence-corrected chi connectivity index (χ3v) is 3.13. The van der Waals surface area contributed by atoms with Crippen LogP contribution in [0.2, 0.25) is 0 Å². The average molecular weight is 273 g/mol. The Morgan fingerprint density at radius 3 is 3.05 bits per heavy atom. The summed E-state index contributed by atoms with van der Waals surface area (Å²) in [5.74, 6) is 1.04. The van der Waals surface area contributed by atoms with Crippen molar-refractivity contribution >= 4 is 11.6 Å². The molecule has 2 rings (SSSR count). The summed E-state index contributed by atoms with van der Waals surface area (Å²) < 4.78 is 5.24. The maximum absolute atomic E-state index is 11.8. The molecular weight excluding hydrogens is 254 g/mol. The second-order valence-corrected chi connectivity index (χ2v) is 4.87. The van der Waals surface area contributed by atoms with Crippen molar-refractivity contribution in [3.63, 3.8) is 0 Å². The number of hydrogen-bond donors (Lipinski definition) is 2. The van der Waals surface area contributed by atoms with Gasteiger partial charge in [0.15, 0.2) is 12.2 Å². The molecule has 1 unspecified atom stereocenters. The number of aromatic nitrogens is 1. The zero-order valence-corrected chi connectivity index (χ0v) is 11.5. The number of carbonyl (C=O) groups is 1. The first-order valence-corrected chi connectivity index (χ1v) is 6.68. The van der Waals surface area contributed by atoms with Gasteiger partial charge in [-0.25, -0.2) is 4.98 Å². The van der Waals surface area contributed by atoms with Crippen LogP contribution < -0.4 is 11.1 Å². The predicted molar refractivity (Wildman–Crippen MR) is 78.0 cm³/mol. The fourth-order valence-corrected chi connectivity index (χ4v) is 1.83. The molecule has 0 radical (unpaired) electrons. The van der Waals surface area contributed by atoms with Gasteiger partial charge in [-0.3, -0.25) is 4.79 Å². The summed E-state index contributed by atoms with van der Waals surface area (Å²) in [6, 6.07) is 7.50. The average Bonchev–Trinajstić information content (AvgIpc) is 2.99. The number of anilines is 1. The maximum Gasteiger partial charge on any atom is 0.224 e. The number of oxazole rings is 1. The van der Waals surface area contributed by atoms with Crippen LogP contribution in [0.25, 0.3) is 11.3 Å². The van der Waals surface area contributed by atoms with Crippen LogP contribution in [0.1, 0.15) is 19.8 Å². The number of benzene rings is 1. The minimum atomic E-state index is 0.0000184. The smallest absolute Gasteiger partial charge is 0.224 e. The highest BCUT2D eigenvalue weighted by Crippen LogP contribution is 2.22. The highest BCUT2D eigenvalue weighted by atomic mass is 16.3. The van der Waals surface area contributed by atoms with Crippen molar-refractivity contribution in [2.45, 2.75) is 19.8 Å². The second-order valence-electron chi connectivity index (χ2n) is 4.87. The van der Waals surface area contributed by atoms with Gasteiger partial charge in [0.25, 0.3) is 0 Å². The summed E-state index contributed by atoms with van der Waals surface area (Å²) in [7, 11) is 0. The van der Waals surface area contributed by atoms with Crippen LogP contribution in [-0.2, 0) is 4.79 Å². The number of amides is 1. The van der Waals surface area contributed by atoms with Gasteiger partial charge >= 0.3 is 0 Å². The predicted octanol–water partition coefficient (Wildman–Crippen LogP) is 2.66. The minimum absolute atomic E-state index is 0.0000184. The number of rotatable bonds is 6. The summed E-state index contributed by atoms with van der Waals surface area (Å²) in [5, 5.41) is 2.88. The van der Waals surface area contributed by atoms with Gasteiger partial charge in [-0.15, -0.1) is 0 Å². The van der Waals surface area contributed by atoms with Crippen molar-refractivity contribution in [1.29, 1.82) is 0 Å². The van der Waals surface area contributed by atoms with Crippen molar-refractivity contribution in [3.05, 3.63) is 36.9 Å². The molecule has 0 aliphatic rings. The van der Waals surface area contributed by atoms with Crippen LogP contribution in [-0.4, -0.2) is 17.4 Å². The molecule has 1 atom stereocenters. The first-order valence-electron chi connectivity index (χ1n) is 6.68. The number of hydrogen-bond acceptors (Lipinski definition) is 4. The Bertz CT molecular complexity index is 552. The SMILES string of the molecule is CC(CN)CCC(=O)Nc1cccc(-c2cnco2)c1. The van der Waals surface area contributed by atoms with Crippen molar-refractivity contribution < 1.29 is 9.21 Å². The largest absolute Gasteiger partial charge is 0.444 e. The first kappa shape index (κ1) is 14.3. The molecule has 20 heavy (non-hydrogen) atoms. The minimum Gasteiger partial charge on any atom is -0.444 e. The van der Waals surface area contributed by atoms with Crippen LogP contribution in [0.3, 0.4) is 0 Å². The lowest BCUT2D eigenvalue weighted by atomic mass is 10.1. The quantitative estimate of drug-likeness (QED) is 0.847. The standard InChI is InChI=1S/C15H19N3O2/c1-11(8-16)5-6-15(19)18-13-4-2-3-12(7-13)14-9-17-10-20-14/h2-4,7,9-11H,5-6,8,16H2,1H3,(H,18,19). The van der Waals surface area contributed by atoms with E-state index >= 15 is 0 Å². The Labute approximate surface area is 118 Å². The van der Waals surface area contributed by atoms with E-state index in [0.717, 1.165) is 17.7 Å². The molecule has 1 heterocycles. The third kappa shape index (κ3) is 3.93. The summed E-state index contributed by atoms with van der Waals surface area (Å²) in [4.78, 5) is 15.7. The van der Waals surface area contributed by atoms with E-state index in [1.165, 1.54) is 6.39 Å². The summed E-state index contributed by atoms with van der Waals surface area (Å²) in [6.07, 6.45) is 4.30. The van der Waals surface area contributed by atoms with E-state index in [1.54, 1.807) is 6.20 Å². The molecule has 2 aromatic rings. The fourth-order valence-electron chi connectivity index (χ4n) is 1.83. The van der Waals surface area contributed by atoms with Crippen LogP contribution >= 0.6 is 0 Å². The molecule has 0 saturated carbocycles. The van der Waals surface area contributed by atoms with E-state index in [1.807, 2.05) is 31.2 Å². The number of nitrogens with two attached hydrogens (primary N) is 1. The van der Waals surface area contributed by atoms with Gasteiger partial charge in [0, 0.05) is 17.7 Å². The molecule has 1 amide bonds. The maximum atomic E-state index is 11.8. The molecule has 0 bridgehead atoms. The van der Waals surface area contributed by atoms with Crippen LogP contribution in [0.15, 0.2) is 41.3 Å². The van der Waals surface area contributed by atoms with Crippen LogP contribution in [0, 0.1) is 5.92 Å². The molecule has 0 aliphatic carbocycles. The molecule has 0 fully saturated rings. The van der Waals surface area contributed by atoms with Gasteiger partial charge in [0.2, 0.25) is 5.91 Å². The Morgan fingerprint density at radius 1 is 1.50 bits per heavy atom. The molecule has 1 aromatic carbocycles. The topological polar surface area (TPSA) is 81.2 Å². The summed E-state index contributed by atoms with van der Waals surface area (Å²) in [6.45, 7) is 2.64. The lowest BCUT2D eigenvalue weighted by molar-refractivity contribution is -0.116. The Balaban J connectivity index is 1.96. The normalized spacial score (nSPS) is 12.1. The van der Waals surface area contributed by atoms with E-state index in [-0.39, 0.29) is 5.91 Å². The van der Waals surface area contributed by atoms with Gasteiger partial charge in [-0.05, 0) is 31.0 Å². The molecular formula is C15H19N3O2. The number of nitrogens with zero attached hydrogens (tertiary/aromatic N) is 1. The van der Waals surface area contributed by atoms with Crippen molar-refractivity contribution in [3.8, 4) is 11.3 Å². The van der Waals surface area contributed by atoms with E-state index in [4.69, 9.17) is 10.2 Å². The van der Waals surface area contributed by atoms with E-state index < -0.39 is 0 Å². The lowest BCUT2D eigenvalue weighted by Crippen LogP contribution is -2.16. The molecule has 106 valence electrons. The van der Waals surface area contributed by atoms with E-state index in [9.17, 15) is 4.79 Å². The molecule has 1 aromatic heterocycles. The summed E-state index contributed by atoms with van der Waals surface area (Å²) in [5.41, 5.74) is 7.18. The van der Waals surface area contributed by atoms with Gasteiger partial charge < -0.3 is 15.5 Å². The van der Waals surface area contributed by atoms with Crippen molar-refractivity contribution in [1.82, 2.24) is 4.98 Å². The third-order valence-electron chi connectivity index (χ3n) is 3.13. The Kier molecular flexibility index (Phi) is 4.90. The van der Waals surface area contributed by atoms with Crippen LogP contribution in [0.5, 0.6) is 0 Å². The first-order chi connectivity index (χ1) is 9.69. The highest BCUT2D eigenvalue weighted by molar-refractivity contribution is 5.91. The molecule has 5 heteroatoms. The van der Waals surface area contributed by atoms with Gasteiger partial charge in [0.1, 0.15) is 0 Å². The monoisotopic (exact) mass is 273 g/mol. The van der Waals surface area contributed by atoms with E-state index in [2.05, 4.69) is 10.3 Å². The molecule has 3 N–H and O–H groups in total. The van der Waals surface area contributed by atoms with Gasteiger partial charge in [-0.2, -0.15) is 0 Å². The second kappa shape index (κ2) is 6.86. The number of carbonyl (C=O) groups excluding carboxylic acids is 1.